The van der Waals surface area contributed by atoms with Crippen molar-refractivity contribution in [3.05, 3.63) is 59.7 Å². The van der Waals surface area contributed by atoms with Crippen molar-refractivity contribution in [3.8, 4) is 11.5 Å². The van der Waals surface area contributed by atoms with Crippen LogP contribution in [0, 0.1) is 0 Å². The molecule has 0 radical (unpaired) electrons. The monoisotopic (exact) mass is 546 g/mol. The Morgan fingerprint density at radius 1 is 0.763 bits per heavy atom. The second-order valence-electron chi connectivity index (χ2n) is 8.83. The Labute approximate surface area is 225 Å². The molecule has 2 aromatic rings. The number of benzene rings is 2. The molecule has 11 nitrogen and oxygen atoms in total. The first-order chi connectivity index (χ1) is 18.0. The first-order valence-electron chi connectivity index (χ1n) is 11.9. The van der Waals surface area contributed by atoms with Gasteiger partial charge in [0.15, 0.2) is 0 Å². The molecular formula is C26H34N4O7S. The van der Waals surface area contributed by atoms with Crippen LogP contribution < -0.4 is 21.7 Å². The molecule has 12 heteroatoms. The maximum absolute atomic E-state index is 13.3. The molecule has 0 aliphatic rings. The van der Waals surface area contributed by atoms with E-state index >= 15 is 0 Å². The predicted molar refractivity (Wildman–Crippen MR) is 144 cm³/mol. The van der Waals surface area contributed by atoms with Gasteiger partial charge in [-0.2, -0.15) is 11.8 Å². The van der Waals surface area contributed by atoms with Crippen LogP contribution in [-0.2, 0) is 32.0 Å². The normalized spacial score (nSPS) is 14.0. The number of hydrogen-bond acceptors (Lipinski definition) is 8. The van der Waals surface area contributed by atoms with Gasteiger partial charge in [0.1, 0.15) is 29.6 Å². The van der Waals surface area contributed by atoms with E-state index in [4.69, 9.17) is 5.73 Å². The van der Waals surface area contributed by atoms with Gasteiger partial charge in [-0.15, -0.1) is 0 Å². The summed E-state index contributed by atoms with van der Waals surface area (Å²) in [6.07, 6.45) is 2.09. The summed E-state index contributed by atoms with van der Waals surface area (Å²) >= 11 is 1.45. The van der Waals surface area contributed by atoms with Crippen molar-refractivity contribution in [1.82, 2.24) is 16.0 Å². The van der Waals surface area contributed by atoms with E-state index in [0.29, 0.717) is 16.9 Å². The number of aliphatic carboxylic acids is 1. The molecule has 0 saturated carbocycles. The quantitative estimate of drug-likeness (QED) is 0.177. The SMILES string of the molecule is CSCCC(NC(=O)C(Cc1ccc(O)cc1)NC(=O)C(C)N)C(=O)NC(Cc1ccc(O)cc1)C(=O)O. The average molecular weight is 547 g/mol. The van der Waals surface area contributed by atoms with Crippen molar-refractivity contribution in [2.24, 2.45) is 5.73 Å². The van der Waals surface area contributed by atoms with Gasteiger partial charge in [0, 0.05) is 12.8 Å². The second-order valence-corrected chi connectivity index (χ2v) is 9.82. The lowest BCUT2D eigenvalue weighted by Gasteiger charge is -2.25. The molecule has 3 amide bonds. The Hall–Kier alpha value is -3.77. The molecule has 38 heavy (non-hydrogen) atoms. The van der Waals surface area contributed by atoms with Gasteiger partial charge in [-0.1, -0.05) is 24.3 Å². The van der Waals surface area contributed by atoms with E-state index in [1.807, 2.05) is 6.26 Å². The van der Waals surface area contributed by atoms with Crippen LogP contribution >= 0.6 is 11.8 Å². The Morgan fingerprint density at radius 3 is 1.63 bits per heavy atom. The number of phenolic OH excluding ortho intramolecular Hbond substituents is 2. The van der Waals surface area contributed by atoms with Crippen molar-refractivity contribution in [2.45, 2.75) is 50.4 Å². The number of hydrogen-bond donors (Lipinski definition) is 7. The Balaban J connectivity index is 2.19. The van der Waals surface area contributed by atoms with Crippen LogP contribution in [0.25, 0.3) is 0 Å². The van der Waals surface area contributed by atoms with E-state index in [-0.39, 0.29) is 30.8 Å². The van der Waals surface area contributed by atoms with Gasteiger partial charge >= 0.3 is 5.97 Å². The van der Waals surface area contributed by atoms with Gasteiger partial charge in [-0.25, -0.2) is 4.79 Å². The third-order valence-electron chi connectivity index (χ3n) is 5.66. The van der Waals surface area contributed by atoms with E-state index in [1.54, 1.807) is 24.3 Å². The molecule has 0 aliphatic heterocycles. The molecule has 206 valence electrons. The van der Waals surface area contributed by atoms with Crippen LogP contribution in [0.5, 0.6) is 11.5 Å². The first kappa shape index (κ1) is 30.5. The third kappa shape index (κ3) is 9.94. The van der Waals surface area contributed by atoms with E-state index in [2.05, 4.69) is 16.0 Å². The zero-order valence-electron chi connectivity index (χ0n) is 21.2. The number of carbonyl (C=O) groups excluding carboxylic acids is 3. The molecule has 8 N–H and O–H groups in total. The van der Waals surface area contributed by atoms with Crippen molar-refractivity contribution >= 4 is 35.5 Å². The Morgan fingerprint density at radius 2 is 1.18 bits per heavy atom. The van der Waals surface area contributed by atoms with Crippen LogP contribution in [0.2, 0.25) is 0 Å². The summed E-state index contributed by atoms with van der Waals surface area (Å²) < 4.78 is 0. The van der Waals surface area contributed by atoms with Crippen LogP contribution in [-0.4, -0.2) is 75.2 Å². The lowest BCUT2D eigenvalue weighted by molar-refractivity contribution is -0.142. The zero-order valence-corrected chi connectivity index (χ0v) is 22.0. The molecule has 0 bridgehead atoms. The van der Waals surface area contributed by atoms with Crippen molar-refractivity contribution in [3.63, 3.8) is 0 Å². The van der Waals surface area contributed by atoms with Gasteiger partial charge in [0.05, 0.1) is 6.04 Å². The first-order valence-corrected chi connectivity index (χ1v) is 13.3. The highest BCUT2D eigenvalue weighted by atomic mass is 32.2. The number of carboxylic acid groups (broad SMARTS) is 1. The number of carbonyl (C=O) groups is 4. The van der Waals surface area contributed by atoms with Gasteiger partial charge in [0.2, 0.25) is 17.7 Å². The molecule has 4 unspecified atom stereocenters. The van der Waals surface area contributed by atoms with E-state index in [9.17, 15) is 34.5 Å². The lowest BCUT2D eigenvalue weighted by Crippen LogP contribution is -2.57. The molecule has 0 saturated heterocycles. The van der Waals surface area contributed by atoms with Crippen molar-refractivity contribution < 1.29 is 34.5 Å². The minimum atomic E-state index is -1.27. The predicted octanol–water partition coefficient (Wildman–Crippen LogP) is 0.522. The van der Waals surface area contributed by atoms with Crippen molar-refractivity contribution in [1.29, 1.82) is 0 Å². The van der Waals surface area contributed by atoms with Gasteiger partial charge in [-0.3, -0.25) is 14.4 Å². The zero-order chi connectivity index (χ0) is 28.2. The molecular weight excluding hydrogens is 512 g/mol. The van der Waals surface area contributed by atoms with E-state index in [1.165, 1.54) is 43.0 Å². The molecule has 0 heterocycles. The Bertz CT molecular complexity index is 1090. The van der Waals surface area contributed by atoms with Crippen LogP contribution in [0.15, 0.2) is 48.5 Å². The summed E-state index contributed by atoms with van der Waals surface area (Å²) in [7, 11) is 0. The van der Waals surface area contributed by atoms with Crippen molar-refractivity contribution in [2.75, 3.05) is 12.0 Å². The van der Waals surface area contributed by atoms with Crippen LogP contribution in [0.1, 0.15) is 24.5 Å². The lowest BCUT2D eigenvalue weighted by atomic mass is 10.0. The highest BCUT2D eigenvalue weighted by molar-refractivity contribution is 7.98. The standard InChI is InChI=1S/C26H34N4O7S/c1-15(27)23(33)29-21(13-16-3-7-18(31)8-4-16)25(35)28-20(11-12-38-2)24(34)30-22(26(36)37)14-17-5-9-19(32)10-6-17/h3-10,15,20-22,31-32H,11-14,27H2,1-2H3,(H,28,35)(H,29,33)(H,30,34)(H,36,37). The maximum Gasteiger partial charge on any atom is 0.326 e. The average Bonchev–Trinajstić information content (AvgIpc) is 2.87. The number of amides is 3. The molecule has 2 aromatic carbocycles. The molecule has 0 fully saturated rings. The summed E-state index contributed by atoms with van der Waals surface area (Å²) in [5, 5.41) is 36.4. The largest absolute Gasteiger partial charge is 0.508 e. The molecule has 0 aliphatic carbocycles. The number of carboxylic acids is 1. The highest BCUT2D eigenvalue weighted by Gasteiger charge is 2.30. The van der Waals surface area contributed by atoms with E-state index in [0.717, 1.165) is 0 Å². The number of aromatic hydroxyl groups is 2. The fourth-order valence-corrected chi connectivity index (χ4v) is 3.97. The summed E-state index contributed by atoms with van der Waals surface area (Å²) in [5.74, 6) is -2.56. The highest BCUT2D eigenvalue weighted by Crippen LogP contribution is 2.13. The number of nitrogens with one attached hydrogen (secondary N) is 3. The number of nitrogens with two attached hydrogens (primary N) is 1. The van der Waals surface area contributed by atoms with E-state index < -0.39 is 47.9 Å². The number of phenols is 2. The van der Waals surface area contributed by atoms with Crippen LogP contribution in [0.4, 0.5) is 0 Å². The number of thioether (sulfide) groups is 1. The van der Waals surface area contributed by atoms with Gasteiger partial charge in [0.25, 0.3) is 0 Å². The topological polar surface area (TPSA) is 191 Å². The maximum atomic E-state index is 13.3. The number of rotatable bonds is 14. The molecule has 0 aromatic heterocycles. The minimum absolute atomic E-state index is 0.0293. The third-order valence-corrected chi connectivity index (χ3v) is 6.30. The molecule has 0 spiro atoms. The fourth-order valence-electron chi connectivity index (χ4n) is 3.50. The molecule has 2 rings (SSSR count). The van der Waals surface area contributed by atoms with Crippen LogP contribution in [0.3, 0.4) is 0 Å². The summed E-state index contributed by atoms with van der Waals surface area (Å²) in [6.45, 7) is 1.47. The summed E-state index contributed by atoms with van der Waals surface area (Å²) in [5.41, 5.74) is 6.90. The summed E-state index contributed by atoms with van der Waals surface area (Å²) in [4.78, 5) is 50.5. The Kier molecular flexibility index (Phi) is 11.9. The van der Waals surface area contributed by atoms with Gasteiger partial charge in [-0.05, 0) is 60.7 Å². The fraction of sp³-hybridized carbons (Fsp3) is 0.385. The minimum Gasteiger partial charge on any atom is -0.508 e. The summed E-state index contributed by atoms with van der Waals surface area (Å²) in [6, 6.07) is 7.77. The second kappa shape index (κ2) is 14.8. The smallest absolute Gasteiger partial charge is 0.326 e. The molecule has 4 atom stereocenters. The van der Waals surface area contributed by atoms with Gasteiger partial charge < -0.3 is 37.0 Å².